The van der Waals surface area contributed by atoms with Gasteiger partial charge >= 0.3 is 0 Å². The summed E-state index contributed by atoms with van der Waals surface area (Å²) >= 11 is 0. The molecule has 0 spiro atoms. The smallest absolute Gasteiger partial charge is 0.253 e. The van der Waals surface area contributed by atoms with E-state index >= 15 is 0 Å². The molecule has 1 N–H and O–H groups in total. The summed E-state index contributed by atoms with van der Waals surface area (Å²) in [5.74, 6) is 0.778. The molecule has 0 aliphatic carbocycles. The first kappa shape index (κ1) is 18.2. The fraction of sp³-hybridized carbons (Fsp3) is 0.318. The summed E-state index contributed by atoms with van der Waals surface area (Å²) in [6.45, 7) is 3.84. The van der Waals surface area contributed by atoms with Gasteiger partial charge in [-0.3, -0.25) is 9.59 Å². The lowest BCUT2D eigenvalue weighted by Crippen LogP contribution is -2.27. The Morgan fingerprint density at radius 1 is 1.07 bits per heavy atom. The van der Waals surface area contributed by atoms with Crippen molar-refractivity contribution in [2.24, 2.45) is 0 Å². The zero-order valence-corrected chi connectivity index (χ0v) is 16.0. The third-order valence-corrected chi connectivity index (χ3v) is 5.14. The van der Waals surface area contributed by atoms with Gasteiger partial charge in [0, 0.05) is 30.8 Å². The van der Waals surface area contributed by atoms with Gasteiger partial charge in [0.15, 0.2) is 0 Å². The Labute approximate surface area is 164 Å². The number of amides is 2. The monoisotopic (exact) mass is 376 g/mol. The number of aromatic nitrogens is 2. The van der Waals surface area contributed by atoms with E-state index in [0.717, 1.165) is 49.2 Å². The van der Waals surface area contributed by atoms with Gasteiger partial charge in [0.2, 0.25) is 5.91 Å². The lowest BCUT2D eigenvalue weighted by Gasteiger charge is -2.16. The van der Waals surface area contributed by atoms with E-state index < -0.39 is 0 Å². The molecule has 2 amide bonds. The first-order valence-electron chi connectivity index (χ1n) is 9.79. The van der Waals surface area contributed by atoms with Gasteiger partial charge in [-0.25, -0.2) is 4.98 Å². The van der Waals surface area contributed by atoms with Crippen LogP contribution in [0.4, 0.5) is 5.69 Å². The molecule has 28 heavy (non-hydrogen) atoms. The minimum absolute atomic E-state index is 0.0301. The van der Waals surface area contributed by atoms with E-state index in [-0.39, 0.29) is 18.4 Å². The highest BCUT2D eigenvalue weighted by molar-refractivity contribution is 5.97. The minimum Gasteiger partial charge on any atom is -0.339 e. The lowest BCUT2D eigenvalue weighted by molar-refractivity contribution is -0.116. The molecule has 1 fully saturated rings. The molecule has 0 radical (unpaired) electrons. The Morgan fingerprint density at radius 3 is 2.64 bits per heavy atom. The molecule has 0 bridgehead atoms. The molecule has 6 heteroatoms. The van der Waals surface area contributed by atoms with Crippen molar-refractivity contribution in [3.8, 4) is 0 Å². The summed E-state index contributed by atoms with van der Waals surface area (Å²) in [6, 6.07) is 15.0. The SMILES string of the molecule is CCc1nc2ccccc2n1CC(=O)Nc1cccc(C(=O)N2CCCC2)c1. The summed E-state index contributed by atoms with van der Waals surface area (Å²) in [5.41, 5.74) is 3.09. The quantitative estimate of drug-likeness (QED) is 0.741. The van der Waals surface area contributed by atoms with E-state index in [9.17, 15) is 9.59 Å². The van der Waals surface area contributed by atoms with E-state index in [0.29, 0.717) is 11.3 Å². The second-order valence-electron chi connectivity index (χ2n) is 7.08. The van der Waals surface area contributed by atoms with Crippen LogP contribution in [0.2, 0.25) is 0 Å². The number of carbonyl (C=O) groups is 2. The molecular formula is C22H24N4O2. The Morgan fingerprint density at radius 2 is 1.86 bits per heavy atom. The average molecular weight is 376 g/mol. The maximum absolute atomic E-state index is 12.7. The lowest BCUT2D eigenvalue weighted by atomic mass is 10.1. The number of nitrogens with zero attached hydrogens (tertiary/aromatic N) is 3. The van der Waals surface area contributed by atoms with Crippen LogP contribution in [0, 0.1) is 0 Å². The average Bonchev–Trinajstić information content (AvgIpc) is 3.36. The van der Waals surface area contributed by atoms with Crippen molar-refractivity contribution in [1.82, 2.24) is 14.5 Å². The molecule has 1 aliphatic heterocycles. The van der Waals surface area contributed by atoms with Crippen molar-refractivity contribution in [2.75, 3.05) is 18.4 Å². The number of hydrogen-bond donors (Lipinski definition) is 1. The molecule has 1 saturated heterocycles. The Bertz CT molecular complexity index is 1020. The Balaban J connectivity index is 1.50. The molecule has 0 unspecified atom stereocenters. The molecule has 1 aliphatic rings. The molecule has 6 nitrogen and oxygen atoms in total. The molecule has 4 rings (SSSR count). The molecule has 2 aromatic carbocycles. The predicted molar refractivity (Wildman–Crippen MR) is 109 cm³/mol. The van der Waals surface area contributed by atoms with Gasteiger partial charge in [0.25, 0.3) is 5.91 Å². The van der Waals surface area contributed by atoms with Crippen LogP contribution < -0.4 is 5.32 Å². The standard InChI is InChI=1S/C22H24N4O2/c1-2-20-24-18-10-3-4-11-19(18)26(20)15-21(27)23-17-9-7-8-16(14-17)22(28)25-12-5-6-13-25/h3-4,7-11,14H,2,5-6,12-13,15H2,1H3,(H,23,27). The predicted octanol–water partition coefficient (Wildman–Crippen LogP) is 3.47. The van der Waals surface area contributed by atoms with Crippen molar-refractivity contribution in [3.63, 3.8) is 0 Å². The second-order valence-corrected chi connectivity index (χ2v) is 7.08. The number of anilines is 1. The zero-order chi connectivity index (χ0) is 19.5. The van der Waals surface area contributed by atoms with Crippen LogP contribution in [0.3, 0.4) is 0 Å². The van der Waals surface area contributed by atoms with E-state index in [1.165, 1.54) is 0 Å². The number of carbonyl (C=O) groups excluding carboxylic acids is 2. The number of nitrogens with one attached hydrogen (secondary N) is 1. The topological polar surface area (TPSA) is 67.2 Å². The van der Waals surface area contributed by atoms with Crippen LogP contribution in [-0.4, -0.2) is 39.4 Å². The van der Waals surface area contributed by atoms with Crippen LogP contribution in [0.1, 0.15) is 35.9 Å². The number of rotatable bonds is 5. The van der Waals surface area contributed by atoms with Crippen LogP contribution in [0.15, 0.2) is 48.5 Å². The summed E-state index contributed by atoms with van der Waals surface area (Å²) in [7, 11) is 0. The van der Waals surface area contributed by atoms with Crippen LogP contribution in [-0.2, 0) is 17.8 Å². The van der Waals surface area contributed by atoms with Gasteiger partial charge in [0.1, 0.15) is 12.4 Å². The highest BCUT2D eigenvalue weighted by Crippen LogP contribution is 2.18. The van der Waals surface area contributed by atoms with Crippen molar-refractivity contribution in [3.05, 3.63) is 59.9 Å². The van der Waals surface area contributed by atoms with E-state index in [2.05, 4.69) is 10.3 Å². The molecule has 1 aromatic heterocycles. The summed E-state index contributed by atoms with van der Waals surface area (Å²) in [5, 5.41) is 2.92. The number of benzene rings is 2. The fourth-order valence-corrected chi connectivity index (χ4v) is 3.75. The maximum atomic E-state index is 12.7. The molecular weight excluding hydrogens is 352 g/mol. The summed E-state index contributed by atoms with van der Waals surface area (Å²) < 4.78 is 1.95. The molecule has 144 valence electrons. The van der Waals surface area contributed by atoms with Gasteiger partial charge in [-0.15, -0.1) is 0 Å². The fourth-order valence-electron chi connectivity index (χ4n) is 3.75. The number of hydrogen-bond acceptors (Lipinski definition) is 3. The first-order valence-corrected chi connectivity index (χ1v) is 9.79. The van der Waals surface area contributed by atoms with Crippen molar-refractivity contribution < 1.29 is 9.59 Å². The molecule has 2 heterocycles. The number of likely N-dealkylation sites (tertiary alicyclic amines) is 1. The van der Waals surface area contributed by atoms with E-state index in [1.807, 2.05) is 52.8 Å². The number of aryl methyl sites for hydroxylation is 1. The minimum atomic E-state index is -0.136. The molecule has 3 aromatic rings. The summed E-state index contributed by atoms with van der Waals surface area (Å²) in [4.78, 5) is 31.7. The number of imidazole rings is 1. The first-order chi connectivity index (χ1) is 13.7. The van der Waals surface area contributed by atoms with Crippen molar-refractivity contribution in [2.45, 2.75) is 32.7 Å². The number of para-hydroxylation sites is 2. The van der Waals surface area contributed by atoms with Crippen LogP contribution >= 0.6 is 0 Å². The third kappa shape index (κ3) is 3.63. The van der Waals surface area contributed by atoms with Crippen LogP contribution in [0.25, 0.3) is 11.0 Å². The van der Waals surface area contributed by atoms with Gasteiger partial charge in [-0.1, -0.05) is 25.1 Å². The normalized spacial score (nSPS) is 13.8. The van der Waals surface area contributed by atoms with Gasteiger partial charge < -0.3 is 14.8 Å². The molecule has 0 atom stereocenters. The highest BCUT2D eigenvalue weighted by atomic mass is 16.2. The van der Waals surface area contributed by atoms with E-state index in [4.69, 9.17) is 0 Å². The summed E-state index contributed by atoms with van der Waals surface area (Å²) in [6.07, 6.45) is 2.86. The van der Waals surface area contributed by atoms with Crippen molar-refractivity contribution in [1.29, 1.82) is 0 Å². The third-order valence-electron chi connectivity index (χ3n) is 5.14. The van der Waals surface area contributed by atoms with Gasteiger partial charge in [-0.2, -0.15) is 0 Å². The van der Waals surface area contributed by atoms with E-state index in [1.54, 1.807) is 12.1 Å². The second kappa shape index (κ2) is 7.84. The Hall–Kier alpha value is -3.15. The Kier molecular flexibility index (Phi) is 5.10. The highest BCUT2D eigenvalue weighted by Gasteiger charge is 2.20. The van der Waals surface area contributed by atoms with Gasteiger partial charge in [-0.05, 0) is 43.2 Å². The largest absolute Gasteiger partial charge is 0.339 e. The molecule has 0 saturated carbocycles. The zero-order valence-electron chi connectivity index (χ0n) is 16.0. The van der Waals surface area contributed by atoms with Crippen LogP contribution in [0.5, 0.6) is 0 Å². The van der Waals surface area contributed by atoms with Crippen molar-refractivity contribution >= 4 is 28.5 Å². The van der Waals surface area contributed by atoms with Gasteiger partial charge in [0.05, 0.1) is 11.0 Å². The number of fused-ring (bicyclic) bond motifs is 1. The maximum Gasteiger partial charge on any atom is 0.253 e.